The van der Waals surface area contributed by atoms with Crippen LogP contribution in [0.2, 0.25) is 0 Å². The zero-order chi connectivity index (χ0) is 14.2. The van der Waals surface area contributed by atoms with Crippen molar-refractivity contribution in [1.29, 1.82) is 0 Å². The summed E-state index contributed by atoms with van der Waals surface area (Å²) in [6.45, 7) is 2.02. The van der Waals surface area contributed by atoms with Gasteiger partial charge in [-0.1, -0.05) is 12.1 Å². The molecule has 2 rings (SSSR count). The molecular formula is C15H20N2O3. The molecule has 3 N–H and O–H groups in total. The van der Waals surface area contributed by atoms with Crippen molar-refractivity contribution in [2.75, 3.05) is 19.8 Å². The third-order valence-corrected chi connectivity index (χ3v) is 3.18. The molecule has 5 heteroatoms. The van der Waals surface area contributed by atoms with E-state index >= 15 is 0 Å². The molecule has 1 fully saturated rings. The summed E-state index contributed by atoms with van der Waals surface area (Å²) in [7, 11) is 0. The molecule has 20 heavy (non-hydrogen) atoms. The molecule has 0 radical (unpaired) electrons. The lowest BCUT2D eigenvalue weighted by atomic mass is 10.1. The Morgan fingerprint density at radius 1 is 1.25 bits per heavy atom. The Labute approximate surface area is 118 Å². The van der Waals surface area contributed by atoms with Crippen molar-refractivity contribution in [2.24, 2.45) is 0 Å². The van der Waals surface area contributed by atoms with Crippen molar-refractivity contribution >= 4 is 6.03 Å². The Bertz CT molecular complexity index is 461. The summed E-state index contributed by atoms with van der Waals surface area (Å²) in [5.41, 5.74) is 2.29. The smallest absolute Gasteiger partial charge is 0.318 e. The van der Waals surface area contributed by atoms with Crippen LogP contribution in [0.25, 0.3) is 0 Å². The molecule has 0 unspecified atom stereocenters. The van der Waals surface area contributed by atoms with Crippen LogP contribution in [-0.4, -0.2) is 30.9 Å². The van der Waals surface area contributed by atoms with Gasteiger partial charge in [-0.05, 0) is 42.5 Å². The third-order valence-electron chi connectivity index (χ3n) is 3.18. The van der Waals surface area contributed by atoms with Crippen molar-refractivity contribution in [3.63, 3.8) is 0 Å². The quantitative estimate of drug-likeness (QED) is 0.787. The zero-order valence-electron chi connectivity index (χ0n) is 11.4. The standard InChI is InChI=1S/C15H20N2O3/c18-14-3-1-12(2-4-14)5-8-16-15(19)17-11-13-6-9-20-10-7-13/h1-4,11,18H,5-10H2,(H2,16,17,19). The molecule has 1 aliphatic heterocycles. The normalized spacial score (nSPS) is 14.7. The highest BCUT2D eigenvalue weighted by Gasteiger charge is 2.05. The summed E-state index contributed by atoms with van der Waals surface area (Å²) < 4.78 is 5.24. The van der Waals surface area contributed by atoms with E-state index in [-0.39, 0.29) is 11.8 Å². The van der Waals surface area contributed by atoms with E-state index in [1.165, 1.54) is 5.57 Å². The average Bonchev–Trinajstić information content (AvgIpc) is 2.48. The van der Waals surface area contributed by atoms with Gasteiger partial charge in [0.2, 0.25) is 0 Å². The largest absolute Gasteiger partial charge is 0.508 e. The van der Waals surface area contributed by atoms with Crippen LogP contribution in [0.15, 0.2) is 36.0 Å². The van der Waals surface area contributed by atoms with E-state index in [1.807, 2.05) is 12.1 Å². The first kappa shape index (κ1) is 14.4. The Hall–Kier alpha value is -2.01. The van der Waals surface area contributed by atoms with Crippen molar-refractivity contribution < 1.29 is 14.6 Å². The summed E-state index contributed by atoms with van der Waals surface area (Å²) in [4.78, 5) is 11.6. The molecule has 108 valence electrons. The Morgan fingerprint density at radius 2 is 1.95 bits per heavy atom. The van der Waals surface area contributed by atoms with E-state index in [9.17, 15) is 4.79 Å². The van der Waals surface area contributed by atoms with Gasteiger partial charge in [0.15, 0.2) is 0 Å². The lowest BCUT2D eigenvalue weighted by molar-refractivity contribution is 0.119. The maximum atomic E-state index is 11.6. The SMILES string of the molecule is O=C(NC=C1CCOCC1)NCCc1ccc(O)cc1. The highest BCUT2D eigenvalue weighted by molar-refractivity contribution is 5.74. The predicted octanol–water partition coefficient (Wildman–Crippen LogP) is 1.93. The minimum atomic E-state index is -0.192. The zero-order valence-corrected chi connectivity index (χ0v) is 11.4. The Balaban J connectivity index is 1.66. The molecule has 1 heterocycles. The van der Waals surface area contributed by atoms with Crippen LogP contribution in [0.3, 0.4) is 0 Å². The average molecular weight is 276 g/mol. The highest BCUT2D eigenvalue weighted by atomic mass is 16.5. The molecule has 5 nitrogen and oxygen atoms in total. The highest BCUT2D eigenvalue weighted by Crippen LogP contribution is 2.11. The molecule has 0 bridgehead atoms. The molecular weight excluding hydrogens is 256 g/mol. The number of carbonyl (C=O) groups excluding carboxylic acids is 1. The summed E-state index contributed by atoms with van der Waals surface area (Å²) in [6.07, 6.45) is 4.28. The first-order valence-electron chi connectivity index (χ1n) is 6.82. The molecule has 0 atom stereocenters. The number of amides is 2. The van der Waals surface area contributed by atoms with Crippen molar-refractivity contribution in [2.45, 2.75) is 19.3 Å². The van der Waals surface area contributed by atoms with E-state index in [2.05, 4.69) is 10.6 Å². The van der Waals surface area contributed by atoms with E-state index in [4.69, 9.17) is 9.84 Å². The van der Waals surface area contributed by atoms with Gasteiger partial charge in [0.05, 0.1) is 13.2 Å². The number of urea groups is 1. The summed E-state index contributed by atoms with van der Waals surface area (Å²) >= 11 is 0. The topological polar surface area (TPSA) is 70.6 Å². The second-order valence-electron chi connectivity index (χ2n) is 4.73. The fourth-order valence-electron chi connectivity index (χ4n) is 1.98. The predicted molar refractivity (Wildman–Crippen MR) is 76.5 cm³/mol. The van der Waals surface area contributed by atoms with Crippen molar-refractivity contribution in [3.8, 4) is 5.75 Å². The summed E-state index contributed by atoms with van der Waals surface area (Å²) in [6, 6.07) is 6.79. The van der Waals surface area contributed by atoms with E-state index < -0.39 is 0 Å². The van der Waals surface area contributed by atoms with Gasteiger partial charge in [0.25, 0.3) is 0 Å². The molecule has 1 aliphatic rings. The van der Waals surface area contributed by atoms with Gasteiger partial charge in [0, 0.05) is 12.7 Å². The van der Waals surface area contributed by atoms with Crippen LogP contribution >= 0.6 is 0 Å². The first-order valence-corrected chi connectivity index (χ1v) is 6.82. The molecule has 1 saturated heterocycles. The van der Waals surface area contributed by atoms with Crippen molar-refractivity contribution in [3.05, 3.63) is 41.6 Å². The van der Waals surface area contributed by atoms with Gasteiger partial charge in [-0.15, -0.1) is 0 Å². The fraction of sp³-hybridized carbons (Fsp3) is 0.400. The van der Waals surface area contributed by atoms with E-state index in [0.717, 1.165) is 38.0 Å². The Kier molecular flexibility index (Phi) is 5.43. The van der Waals surface area contributed by atoms with Crippen molar-refractivity contribution in [1.82, 2.24) is 10.6 Å². The van der Waals surface area contributed by atoms with E-state index in [1.54, 1.807) is 18.3 Å². The monoisotopic (exact) mass is 276 g/mol. The third kappa shape index (κ3) is 4.93. The molecule has 0 aromatic heterocycles. The van der Waals surface area contributed by atoms with Crippen LogP contribution in [-0.2, 0) is 11.2 Å². The maximum absolute atomic E-state index is 11.6. The summed E-state index contributed by atoms with van der Waals surface area (Å²) in [5.74, 6) is 0.252. The van der Waals surface area contributed by atoms with Gasteiger partial charge in [0.1, 0.15) is 5.75 Å². The van der Waals surface area contributed by atoms with Gasteiger partial charge < -0.3 is 20.5 Å². The molecule has 1 aromatic rings. The number of benzene rings is 1. The van der Waals surface area contributed by atoms with Gasteiger partial charge in [-0.2, -0.15) is 0 Å². The van der Waals surface area contributed by atoms with Gasteiger partial charge in [-0.25, -0.2) is 4.79 Å². The molecule has 0 aliphatic carbocycles. The lowest BCUT2D eigenvalue weighted by Gasteiger charge is -2.14. The Morgan fingerprint density at radius 3 is 2.65 bits per heavy atom. The minimum absolute atomic E-state index is 0.192. The molecule has 1 aromatic carbocycles. The molecule has 0 spiro atoms. The van der Waals surface area contributed by atoms with Crippen LogP contribution in [0.5, 0.6) is 5.75 Å². The van der Waals surface area contributed by atoms with E-state index in [0.29, 0.717) is 6.54 Å². The maximum Gasteiger partial charge on any atom is 0.318 e. The number of hydrogen-bond acceptors (Lipinski definition) is 3. The van der Waals surface area contributed by atoms with Gasteiger partial charge >= 0.3 is 6.03 Å². The number of carbonyl (C=O) groups is 1. The second-order valence-corrected chi connectivity index (χ2v) is 4.73. The van der Waals surface area contributed by atoms with Crippen LogP contribution < -0.4 is 10.6 Å². The fourth-order valence-corrected chi connectivity index (χ4v) is 1.98. The number of hydrogen-bond donors (Lipinski definition) is 3. The minimum Gasteiger partial charge on any atom is -0.508 e. The number of ether oxygens (including phenoxy) is 1. The molecule has 0 saturated carbocycles. The number of aromatic hydroxyl groups is 1. The second kappa shape index (κ2) is 7.55. The number of nitrogens with one attached hydrogen (secondary N) is 2. The lowest BCUT2D eigenvalue weighted by Crippen LogP contribution is -2.34. The summed E-state index contributed by atoms with van der Waals surface area (Å²) in [5, 5.41) is 14.7. The van der Waals surface area contributed by atoms with Gasteiger partial charge in [-0.3, -0.25) is 0 Å². The van der Waals surface area contributed by atoms with Crippen LogP contribution in [0.1, 0.15) is 18.4 Å². The molecule has 2 amide bonds. The number of phenolic OH excluding ortho intramolecular Hbond substituents is 1. The number of phenols is 1. The van der Waals surface area contributed by atoms with Crippen LogP contribution in [0, 0.1) is 0 Å². The van der Waals surface area contributed by atoms with Crippen LogP contribution in [0.4, 0.5) is 4.79 Å². The number of rotatable bonds is 4. The first-order chi connectivity index (χ1) is 9.74.